The second-order valence-electron chi connectivity index (χ2n) is 4.94. The summed E-state index contributed by atoms with van der Waals surface area (Å²) in [6.45, 7) is 1.10. The van der Waals surface area contributed by atoms with Crippen molar-refractivity contribution in [3.05, 3.63) is 42.1 Å². The van der Waals surface area contributed by atoms with E-state index in [-0.39, 0.29) is 12.3 Å². The minimum Gasteiger partial charge on any atom is -0.391 e. The molecule has 1 atom stereocenters. The number of rotatable bonds is 3. The number of carbonyl (C=O) groups is 1. The fraction of sp³-hybridized carbons (Fsp3) is 0.333. The summed E-state index contributed by atoms with van der Waals surface area (Å²) in [4.78, 5) is 17.8. The minimum absolute atomic E-state index is 0.0423. The maximum Gasteiger partial charge on any atom is 0.225 e. The summed E-state index contributed by atoms with van der Waals surface area (Å²) in [5.74, 6) is 0.0423. The number of aromatic nitrogens is 1. The standard InChI is InChI=1S/C15H16N2O2/c18-13-9-14(19)17(10-13)8-6-12-4-1-3-11-5-2-7-16-15(11)12/h1-5,7,13,18H,6,8-10H2. The van der Waals surface area contributed by atoms with Crippen LogP contribution in [0.1, 0.15) is 12.0 Å². The number of hydrogen-bond acceptors (Lipinski definition) is 3. The first-order valence-electron chi connectivity index (χ1n) is 6.52. The number of aliphatic hydroxyl groups is 1. The van der Waals surface area contributed by atoms with Crippen molar-refractivity contribution in [2.75, 3.05) is 13.1 Å². The predicted octanol–water partition coefficient (Wildman–Crippen LogP) is 1.37. The first-order valence-corrected chi connectivity index (χ1v) is 6.52. The molecule has 19 heavy (non-hydrogen) atoms. The monoisotopic (exact) mass is 256 g/mol. The maximum absolute atomic E-state index is 11.6. The van der Waals surface area contributed by atoms with Gasteiger partial charge in [-0.1, -0.05) is 24.3 Å². The number of fused-ring (bicyclic) bond motifs is 1. The number of β-amino-alcohol motifs (C(OH)–C–C–N with tert-alkyl or cyclic N) is 1. The van der Waals surface area contributed by atoms with E-state index in [0.29, 0.717) is 13.1 Å². The molecule has 0 radical (unpaired) electrons. The van der Waals surface area contributed by atoms with Crippen molar-refractivity contribution in [2.24, 2.45) is 0 Å². The molecule has 3 rings (SSSR count). The Kier molecular flexibility index (Phi) is 3.17. The third-order valence-corrected chi connectivity index (χ3v) is 3.56. The van der Waals surface area contributed by atoms with Crippen LogP contribution in [0.4, 0.5) is 0 Å². The van der Waals surface area contributed by atoms with Gasteiger partial charge in [-0.3, -0.25) is 9.78 Å². The zero-order chi connectivity index (χ0) is 13.2. The van der Waals surface area contributed by atoms with Crippen LogP contribution in [0, 0.1) is 0 Å². The van der Waals surface area contributed by atoms with E-state index in [4.69, 9.17) is 0 Å². The van der Waals surface area contributed by atoms with Crippen molar-refractivity contribution in [3.8, 4) is 0 Å². The minimum atomic E-state index is -0.502. The van der Waals surface area contributed by atoms with Crippen LogP contribution in [0.2, 0.25) is 0 Å². The Morgan fingerprint density at radius 2 is 2.16 bits per heavy atom. The average molecular weight is 256 g/mol. The van der Waals surface area contributed by atoms with E-state index in [1.54, 1.807) is 11.1 Å². The summed E-state index contributed by atoms with van der Waals surface area (Å²) < 4.78 is 0. The lowest BCUT2D eigenvalue weighted by atomic mass is 10.1. The van der Waals surface area contributed by atoms with Crippen LogP contribution in [0.5, 0.6) is 0 Å². The average Bonchev–Trinajstić information content (AvgIpc) is 2.74. The van der Waals surface area contributed by atoms with E-state index in [0.717, 1.165) is 22.9 Å². The molecular formula is C15H16N2O2. The molecule has 1 aromatic heterocycles. The Hall–Kier alpha value is -1.94. The summed E-state index contributed by atoms with van der Waals surface area (Å²) in [5.41, 5.74) is 2.14. The van der Waals surface area contributed by atoms with Gasteiger partial charge in [0.15, 0.2) is 0 Å². The van der Waals surface area contributed by atoms with Gasteiger partial charge >= 0.3 is 0 Å². The Balaban J connectivity index is 1.77. The highest BCUT2D eigenvalue weighted by atomic mass is 16.3. The van der Waals surface area contributed by atoms with Gasteiger partial charge in [-0.25, -0.2) is 0 Å². The molecule has 1 aliphatic heterocycles. The molecule has 2 aromatic rings. The number of nitrogens with zero attached hydrogens (tertiary/aromatic N) is 2. The SMILES string of the molecule is O=C1CC(O)CN1CCc1cccc2cccnc12. The summed E-state index contributed by atoms with van der Waals surface area (Å²) in [6.07, 6.45) is 2.31. The molecule has 1 saturated heterocycles. The van der Waals surface area contributed by atoms with Gasteiger partial charge in [0.1, 0.15) is 0 Å². The number of likely N-dealkylation sites (tertiary alicyclic amines) is 1. The predicted molar refractivity (Wildman–Crippen MR) is 72.7 cm³/mol. The second kappa shape index (κ2) is 4.97. The lowest BCUT2D eigenvalue weighted by Gasteiger charge is -2.16. The van der Waals surface area contributed by atoms with Gasteiger partial charge < -0.3 is 10.0 Å². The number of benzene rings is 1. The van der Waals surface area contributed by atoms with E-state index in [1.165, 1.54) is 0 Å². The van der Waals surface area contributed by atoms with Crippen LogP contribution in [0.15, 0.2) is 36.5 Å². The summed E-state index contributed by atoms with van der Waals surface area (Å²) in [7, 11) is 0. The number of carbonyl (C=O) groups excluding carboxylic acids is 1. The van der Waals surface area contributed by atoms with E-state index < -0.39 is 6.10 Å². The Morgan fingerprint density at radius 3 is 2.95 bits per heavy atom. The second-order valence-corrected chi connectivity index (χ2v) is 4.94. The largest absolute Gasteiger partial charge is 0.391 e. The van der Waals surface area contributed by atoms with Gasteiger partial charge in [0.2, 0.25) is 5.91 Å². The van der Waals surface area contributed by atoms with Crippen molar-refractivity contribution in [1.82, 2.24) is 9.88 Å². The molecule has 1 fully saturated rings. The van der Waals surface area contributed by atoms with Crippen molar-refractivity contribution in [2.45, 2.75) is 18.9 Å². The fourth-order valence-electron chi connectivity index (χ4n) is 2.59. The summed E-state index contributed by atoms with van der Waals surface area (Å²) in [6, 6.07) is 10.1. The zero-order valence-corrected chi connectivity index (χ0v) is 10.6. The fourth-order valence-corrected chi connectivity index (χ4v) is 2.59. The first kappa shape index (κ1) is 12.1. The van der Waals surface area contributed by atoms with Gasteiger partial charge in [0, 0.05) is 24.7 Å². The summed E-state index contributed by atoms with van der Waals surface area (Å²) >= 11 is 0. The Morgan fingerprint density at radius 1 is 1.32 bits per heavy atom. The molecule has 1 unspecified atom stereocenters. The van der Waals surface area contributed by atoms with Gasteiger partial charge in [0.25, 0.3) is 0 Å². The van der Waals surface area contributed by atoms with Crippen LogP contribution in [0.3, 0.4) is 0 Å². The third-order valence-electron chi connectivity index (χ3n) is 3.56. The molecule has 4 nitrogen and oxygen atoms in total. The molecule has 1 amide bonds. The van der Waals surface area contributed by atoms with E-state index in [1.807, 2.05) is 30.3 Å². The number of aliphatic hydroxyl groups excluding tert-OH is 1. The molecule has 4 heteroatoms. The van der Waals surface area contributed by atoms with Crippen molar-refractivity contribution >= 4 is 16.8 Å². The van der Waals surface area contributed by atoms with Gasteiger partial charge in [-0.05, 0) is 18.1 Å². The van der Waals surface area contributed by atoms with Gasteiger partial charge in [-0.15, -0.1) is 0 Å². The van der Waals surface area contributed by atoms with Crippen LogP contribution < -0.4 is 0 Å². The molecule has 0 bridgehead atoms. The molecule has 2 heterocycles. The topological polar surface area (TPSA) is 53.4 Å². The van der Waals surface area contributed by atoms with Crippen molar-refractivity contribution in [3.63, 3.8) is 0 Å². The maximum atomic E-state index is 11.6. The smallest absolute Gasteiger partial charge is 0.225 e. The highest BCUT2D eigenvalue weighted by Gasteiger charge is 2.27. The first-order chi connectivity index (χ1) is 9.24. The van der Waals surface area contributed by atoms with Crippen LogP contribution in [-0.2, 0) is 11.2 Å². The zero-order valence-electron chi connectivity index (χ0n) is 10.6. The summed E-state index contributed by atoms with van der Waals surface area (Å²) in [5, 5.41) is 10.6. The molecule has 1 N–H and O–H groups in total. The lowest BCUT2D eigenvalue weighted by Crippen LogP contribution is -2.28. The number of pyridine rings is 1. The lowest BCUT2D eigenvalue weighted by molar-refractivity contribution is -0.127. The molecule has 0 spiro atoms. The Labute approximate surface area is 111 Å². The van der Waals surface area contributed by atoms with Crippen LogP contribution >= 0.6 is 0 Å². The number of amides is 1. The number of para-hydroxylation sites is 1. The Bertz CT molecular complexity index is 607. The van der Waals surface area contributed by atoms with Crippen molar-refractivity contribution < 1.29 is 9.90 Å². The van der Waals surface area contributed by atoms with E-state index in [9.17, 15) is 9.90 Å². The van der Waals surface area contributed by atoms with Gasteiger partial charge in [-0.2, -0.15) is 0 Å². The third kappa shape index (κ3) is 2.44. The van der Waals surface area contributed by atoms with Gasteiger partial charge in [0.05, 0.1) is 18.0 Å². The van der Waals surface area contributed by atoms with Crippen LogP contribution in [-0.4, -0.2) is 40.1 Å². The van der Waals surface area contributed by atoms with Crippen LogP contribution in [0.25, 0.3) is 10.9 Å². The molecule has 1 aliphatic rings. The van der Waals surface area contributed by atoms with E-state index in [2.05, 4.69) is 4.98 Å². The quantitative estimate of drug-likeness (QED) is 0.902. The number of hydrogen-bond donors (Lipinski definition) is 1. The normalized spacial score (nSPS) is 19.3. The molecule has 98 valence electrons. The highest BCUT2D eigenvalue weighted by Crippen LogP contribution is 2.18. The highest BCUT2D eigenvalue weighted by molar-refractivity contribution is 5.82. The molecule has 0 aliphatic carbocycles. The molecular weight excluding hydrogens is 240 g/mol. The van der Waals surface area contributed by atoms with Crippen molar-refractivity contribution in [1.29, 1.82) is 0 Å². The molecule has 1 aromatic carbocycles. The molecule has 0 saturated carbocycles. The van der Waals surface area contributed by atoms with E-state index >= 15 is 0 Å².